The van der Waals surface area contributed by atoms with Gasteiger partial charge in [0, 0.05) is 37.8 Å². The lowest BCUT2D eigenvalue weighted by Crippen LogP contribution is -2.59. The van der Waals surface area contributed by atoms with Crippen molar-refractivity contribution >= 4 is 17.7 Å². The molecule has 0 bridgehead atoms. The highest BCUT2D eigenvalue weighted by molar-refractivity contribution is 5.98. The maximum absolute atomic E-state index is 13.2. The molecule has 164 valence electrons. The quantitative estimate of drug-likeness (QED) is 0.710. The van der Waals surface area contributed by atoms with Crippen LogP contribution in [0.2, 0.25) is 0 Å². The molecule has 1 heterocycles. The minimum Gasteiger partial charge on any atom is -0.352 e. The number of hydrogen-bond acceptors (Lipinski definition) is 4. The van der Waals surface area contributed by atoms with Crippen LogP contribution in [-0.4, -0.2) is 71.8 Å². The molecule has 1 aliphatic carbocycles. The zero-order valence-electron chi connectivity index (χ0n) is 18.5. The Morgan fingerprint density at radius 1 is 1.00 bits per heavy atom. The minimum atomic E-state index is -0.570. The van der Waals surface area contributed by atoms with Gasteiger partial charge in [0.2, 0.25) is 11.8 Å². The Morgan fingerprint density at radius 3 is 2.20 bits per heavy atom. The number of benzene rings is 1. The zero-order chi connectivity index (χ0) is 21.8. The molecule has 0 spiro atoms. The van der Waals surface area contributed by atoms with Gasteiger partial charge in [0.15, 0.2) is 0 Å². The van der Waals surface area contributed by atoms with E-state index >= 15 is 0 Å². The molecule has 2 unspecified atom stereocenters. The van der Waals surface area contributed by atoms with Crippen LogP contribution >= 0.6 is 0 Å². The third kappa shape index (κ3) is 5.39. The lowest BCUT2D eigenvalue weighted by molar-refractivity contribution is -0.137. The summed E-state index contributed by atoms with van der Waals surface area (Å²) < 4.78 is 0. The van der Waals surface area contributed by atoms with Crippen LogP contribution < -0.4 is 10.6 Å². The van der Waals surface area contributed by atoms with Crippen molar-refractivity contribution in [1.29, 1.82) is 0 Å². The molecule has 1 aliphatic heterocycles. The van der Waals surface area contributed by atoms with Crippen LogP contribution in [0.25, 0.3) is 0 Å². The van der Waals surface area contributed by atoms with E-state index in [1.165, 1.54) is 0 Å². The third-order valence-electron chi connectivity index (χ3n) is 6.09. The molecule has 1 saturated carbocycles. The second-order valence-corrected chi connectivity index (χ2v) is 8.83. The Bertz CT molecular complexity index is 782. The maximum Gasteiger partial charge on any atom is 0.252 e. The summed E-state index contributed by atoms with van der Waals surface area (Å²) in [5.74, 6) is -0.222. The van der Waals surface area contributed by atoms with Gasteiger partial charge in [0.1, 0.15) is 6.04 Å². The molecule has 2 atom stereocenters. The Labute approximate surface area is 179 Å². The van der Waals surface area contributed by atoms with Crippen molar-refractivity contribution in [3.05, 3.63) is 35.4 Å². The number of piperazine rings is 1. The largest absolute Gasteiger partial charge is 0.352 e. The number of amides is 3. The normalized spacial score (nSPS) is 19.3. The molecular formula is C23H34N4O3. The fourth-order valence-electron chi connectivity index (χ4n) is 3.80. The van der Waals surface area contributed by atoms with Gasteiger partial charge in [0.05, 0.1) is 6.04 Å². The summed E-state index contributed by atoms with van der Waals surface area (Å²) in [5, 5.41) is 5.99. The molecule has 2 N–H and O–H groups in total. The van der Waals surface area contributed by atoms with Gasteiger partial charge in [-0.25, -0.2) is 0 Å². The first-order chi connectivity index (χ1) is 14.3. The van der Waals surface area contributed by atoms with Gasteiger partial charge in [-0.1, -0.05) is 32.0 Å². The van der Waals surface area contributed by atoms with Crippen LogP contribution in [0.4, 0.5) is 0 Å². The first-order valence-electron chi connectivity index (χ1n) is 11.0. The average Bonchev–Trinajstić information content (AvgIpc) is 3.55. The minimum absolute atomic E-state index is 0.0215. The van der Waals surface area contributed by atoms with Gasteiger partial charge in [-0.05, 0) is 44.2 Å². The molecule has 1 aromatic rings. The third-order valence-corrected chi connectivity index (χ3v) is 6.09. The summed E-state index contributed by atoms with van der Waals surface area (Å²) in [6.45, 7) is 10.1. The van der Waals surface area contributed by atoms with Crippen molar-refractivity contribution in [2.75, 3.05) is 26.2 Å². The Kier molecular flexibility index (Phi) is 7.13. The second-order valence-electron chi connectivity index (χ2n) is 8.83. The van der Waals surface area contributed by atoms with Gasteiger partial charge in [0.25, 0.3) is 5.91 Å². The molecule has 3 rings (SSSR count). The van der Waals surface area contributed by atoms with Crippen LogP contribution in [-0.2, 0) is 9.59 Å². The summed E-state index contributed by atoms with van der Waals surface area (Å²) >= 11 is 0. The molecule has 7 heteroatoms. The van der Waals surface area contributed by atoms with Crippen molar-refractivity contribution in [2.24, 2.45) is 5.92 Å². The van der Waals surface area contributed by atoms with Gasteiger partial charge in [-0.2, -0.15) is 0 Å². The molecule has 7 nitrogen and oxygen atoms in total. The Morgan fingerprint density at radius 2 is 1.63 bits per heavy atom. The summed E-state index contributed by atoms with van der Waals surface area (Å²) in [5.41, 5.74) is 1.48. The van der Waals surface area contributed by atoms with Crippen molar-refractivity contribution in [3.8, 4) is 0 Å². The standard InChI is InChI=1S/C23H34N4O3/c1-15(2)20(25-22(29)19-8-6-5-7-16(19)3)23(30)27-13-11-26(12-14-27)17(4)21(28)24-18-9-10-18/h5-8,15,17-18,20H,9-14H2,1-4H3,(H,24,28)(H,25,29). The number of hydrogen-bond donors (Lipinski definition) is 2. The SMILES string of the molecule is Cc1ccccc1C(=O)NC(C(=O)N1CCN(C(C)C(=O)NC2CC2)CC1)C(C)C. The topological polar surface area (TPSA) is 81.8 Å². The lowest BCUT2D eigenvalue weighted by atomic mass is 10.0. The smallest absolute Gasteiger partial charge is 0.252 e. The number of nitrogens with zero attached hydrogens (tertiary/aromatic N) is 2. The molecule has 1 saturated heterocycles. The van der Waals surface area contributed by atoms with Crippen LogP contribution in [0.3, 0.4) is 0 Å². The first kappa shape index (κ1) is 22.3. The number of nitrogens with one attached hydrogen (secondary N) is 2. The van der Waals surface area contributed by atoms with Gasteiger partial charge in [-0.15, -0.1) is 0 Å². The number of aryl methyl sites for hydroxylation is 1. The second kappa shape index (κ2) is 9.60. The van der Waals surface area contributed by atoms with E-state index in [1.54, 1.807) is 6.07 Å². The molecule has 30 heavy (non-hydrogen) atoms. The lowest BCUT2D eigenvalue weighted by Gasteiger charge is -2.39. The maximum atomic E-state index is 13.2. The molecule has 0 aromatic heterocycles. The average molecular weight is 415 g/mol. The van der Waals surface area contributed by atoms with Gasteiger partial charge in [-0.3, -0.25) is 19.3 Å². The van der Waals surface area contributed by atoms with E-state index < -0.39 is 6.04 Å². The molecule has 2 fully saturated rings. The summed E-state index contributed by atoms with van der Waals surface area (Å²) in [4.78, 5) is 42.2. The number of carbonyl (C=O) groups excluding carboxylic acids is 3. The first-order valence-corrected chi connectivity index (χ1v) is 11.0. The van der Waals surface area contributed by atoms with E-state index in [4.69, 9.17) is 0 Å². The highest BCUT2D eigenvalue weighted by Crippen LogP contribution is 2.19. The molecule has 0 radical (unpaired) electrons. The van der Waals surface area contributed by atoms with Gasteiger partial charge < -0.3 is 15.5 Å². The highest BCUT2D eigenvalue weighted by Gasteiger charge is 2.34. The summed E-state index contributed by atoms with van der Waals surface area (Å²) in [6.07, 6.45) is 2.15. The van der Waals surface area contributed by atoms with Crippen LogP contribution in [0.5, 0.6) is 0 Å². The van der Waals surface area contributed by atoms with Crippen LogP contribution in [0, 0.1) is 12.8 Å². The predicted octanol–water partition coefficient (Wildman–Crippen LogP) is 1.56. The zero-order valence-corrected chi connectivity index (χ0v) is 18.5. The van der Waals surface area contributed by atoms with Crippen LogP contribution in [0.15, 0.2) is 24.3 Å². The van der Waals surface area contributed by atoms with Crippen molar-refractivity contribution in [3.63, 3.8) is 0 Å². The van der Waals surface area contributed by atoms with E-state index in [-0.39, 0.29) is 29.7 Å². The van der Waals surface area contributed by atoms with Crippen LogP contribution in [0.1, 0.15) is 49.5 Å². The fourth-order valence-corrected chi connectivity index (χ4v) is 3.80. The molecule has 1 aromatic carbocycles. The van der Waals surface area contributed by atoms with Gasteiger partial charge >= 0.3 is 0 Å². The molecule has 2 aliphatic rings. The van der Waals surface area contributed by atoms with E-state index in [0.29, 0.717) is 37.8 Å². The van der Waals surface area contributed by atoms with Crippen molar-refractivity contribution in [1.82, 2.24) is 20.4 Å². The van der Waals surface area contributed by atoms with Crippen molar-refractivity contribution in [2.45, 2.75) is 58.7 Å². The van der Waals surface area contributed by atoms with E-state index in [9.17, 15) is 14.4 Å². The van der Waals surface area contributed by atoms with Crippen molar-refractivity contribution < 1.29 is 14.4 Å². The van der Waals surface area contributed by atoms with E-state index in [1.807, 2.05) is 50.8 Å². The number of rotatable bonds is 7. The molecule has 3 amide bonds. The Hall–Kier alpha value is -2.41. The fraction of sp³-hybridized carbons (Fsp3) is 0.609. The Balaban J connectivity index is 1.56. The highest BCUT2D eigenvalue weighted by atomic mass is 16.2. The van der Waals surface area contributed by atoms with E-state index in [2.05, 4.69) is 15.5 Å². The number of carbonyl (C=O) groups is 3. The monoisotopic (exact) mass is 414 g/mol. The predicted molar refractivity (Wildman–Crippen MR) is 116 cm³/mol. The summed E-state index contributed by atoms with van der Waals surface area (Å²) in [7, 11) is 0. The van der Waals surface area contributed by atoms with E-state index in [0.717, 1.165) is 18.4 Å². The summed E-state index contributed by atoms with van der Waals surface area (Å²) in [6, 6.07) is 6.98. The molecular weight excluding hydrogens is 380 g/mol.